The zero-order valence-corrected chi connectivity index (χ0v) is 18.3. The van der Waals surface area contributed by atoms with Crippen LogP contribution in [-0.4, -0.2) is 53.8 Å². The summed E-state index contributed by atoms with van der Waals surface area (Å²) in [5.41, 5.74) is 2.79. The number of carbonyl (C=O) groups excluding carboxylic acids is 2. The van der Waals surface area contributed by atoms with E-state index < -0.39 is 5.41 Å². The average molecular weight is 432 g/mol. The molecule has 0 radical (unpaired) electrons. The Morgan fingerprint density at radius 2 is 1.75 bits per heavy atom. The quantitative estimate of drug-likeness (QED) is 0.612. The molecule has 2 aromatic carbocycles. The molecular weight excluding hydrogens is 405 g/mol. The molecule has 1 aliphatic rings. The summed E-state index contributed by atoms with van der Waals surface area (Å²) in [6.45, 7) is 0.893. The number of hydrogen-bond donors (Lipinski definition) is 0. The maximum absolute atomic E-state index is 13.3. The lowest BCUT2D eigenvalue weighted by molar-refractivity contribution is -0.138. The van der Waals surface area contributed by atoms with Crippen molar-refractivity contribution in [2.45, 2.75) is 12.8 Å². The predicted octanol–water partition coefficient (Wildman–Crippen LogP) is 4.05. The van der Waals surface area contributed by atoms with Gasteiger partial charge in [-0.05, 0) is 53.8 Å². The first-order valence-corrected chi connectivity index (χ1v) is 10.6. The van der Waals surface area contributed by atoms with Crippen molar-refractivity contribution in [3.63, 3.8) is 0 Å². The van der Waals surface area contributed by atoms with Gasteiger partial charge in [0.25, 0.3) is 5.91 Å². The molecule has 0 saturated carbocycles. The van der Waals surface area contributed by atoms with Crippen molar-refractivity contribution >= 4 is 11.8 Å². The second kappa shape index (κ2) is 8.91. The lowest BCUT2D eigenvalue weighted by Gasteiger charge is -2.31. The summed E-state index contributed by atoms with van der Waals surface area (Å²) in [4.78, 5) is 33.6. The molecule has 2 heterocycles. The van der Waals surface area contributed by atoms with Crippen LogP contribution in [0, 0.1) is 11.2 Å². The second-order valence-corrected chi connectivity index (χ2v) is 8.58. The van der Waals surface area contributed by atoms with Crippen molar-refractivity contribution in [1.82, 2.24) is 14.8 Å². The first-order chi connectivity index (χ1) is 15.4. The molecule has 1 saturated heterocycles. The van der Waals surface area contributed by atoms with Gasteiger partial charge in [-0.3, -0.25) is 14.6 Å². The number of pyridine rings is 1. The molecule has 0 N–H and O–H groups in total. The van der Waals surface area contributed by atoms with Crippen molar-refractivity contribution in [3.8, 4) is 11.1 Å². The minimum atomic E-state index is -0.687. The molecule has 1 aliphatic heterocycles. The van der Waals surface area contributed by atoms with Gasteiger partial charge in [0.15, 0.2) is 0 Å². The standard InChI is InChI=1S/C26H26FN3O2/c1-29(2)25(32)26(12-15-30(18-26)24(31)21-10-13-28-14-11-21)17-19-4-3-5-22(16-19)20-6-8-23(27)9-7-20/h3-11,13-14,16H,12,15,17-18H2,1-2H3. The minimum absolute atomic E-state index is 0.0229. The highest BCUT2D eigenvalue weighted by Gasteiger charge is 2.46. The summed E-state index contributed by atoms with van der Waals surface area (Å²) in [5, 5.41) is 0. The maximum atomic E-state index is 13.3. The highest BCUT2D eigenvalue weighted by atomic mass is 19.1. The molecular formula is C26H26FN3O2. The molecule has 32 heavy (non-hydrogen) atoms. The Labute approximate surface area is 187 Å². The summed E-state index contributed by atoms with van der Waals surface area (Å²) in [6.07, 6.45) is 4.33. The van der Waals surface area contributed by atoms with Crippen LogP contribution in [0.25, 0.3) is 11.1 Å². The van der Waals surface area contributed by atoms with E-state index in [1.54, 1.807) is 60.6 Å². The maximum Gasteiger partial charge on any atom is 0.253 e. The van der Waals surface area contributed by atoms with Crippen LogP contribution in [0.3, 0.4) is 0 Å². The fourth-order valence-corrected chi connectivity index (χ4v) is 4.49. The van der Waals surface area contributed by atoms with E-state index in [0.717, 1.165) is 16.7 Å². The number of aromatic nitrogens is 1. The Kier molecular flexibility index (Phi) is 6.04. The monoisotopic (exact) mass is 431 g/mol. The molecule has 3 aromatic rings. The summed E-state index contributed by atoms with van der Waals surface area (Å²) >= 11 is 0. The molecule has 164 valence electrons. The molecule has 0 spiro atoms. The Morgan fingerprint density at radius 1 is 1.03 bits per heavy atom. The number of rotatable bonds is 5. The van der Waals surface area contributed by atoms with Crippen LogP contribution in [0.15, 0.2) is 73.1 Å². The molecule has 1 unspecified atom stereocenters. The molecule has 4 rings (SSSR count). The predicted molar refractivity (Wildman–Crippen MR) is 121 cm³/mol. The van der Waals surface area contributed by atoms with Gasteiger partial charge in [0.1, 0.15) is 5.82 Å². The van der Waals surface area contributed by atoms with Crippen LogP contribution < -0.4 is 0 Å². The van der Waals surface area contributed by atoms with Crippen LogP contribution in [0.2, 0.25) is 0 Å². The van der Waals surface area contributed by atoms with Gasteiger partial charge in [-0.25, -0.2) is 4.39 Å². The number of likely N-dealkylation sites (tertiary alicyclic amines) is 1. The zero-order valence-electron chi connectivity index (χ0n) is 18.3. The first-order valence-electron chi connectivity index (χ1n) is 10.6. The molecule has 1 atom stereocenters. The van der Waals surface area contributed by atoms with Crippen LogP contribution in [0.1, 0.15) is 22.3 Å². The van der Waals surface area contributed by atoms with Crippen LogP contribution in [0.5, 0.6) is 0 Å². The summed E-state index contributed by atoms with van der Waals surface area (Å²) in [7, 11) is 3.51. The Morgan fingerprint density at radius 3 is 2.44 bits per heavy atom. The second-order valence-electron chi connectivity index (χ2n) is 8.58. The highest BCUT2D eigenvalue weighted by molar-refractivity contribution is 5.95. The van der Waals surface area contributed by atoms with Gasteiger partial charge in [-0.15, -0.1) is 0 Å². The topological polar surface area (TPSA) is 53.5 Å². The van der Waals surface area contributed by atoms with E-state index in [4.69, 9.17) is 0 Å². The van der Waals surface area contributed by atoms with E-state index in [0.29, 0.717) is 31.5 Å². The summed E-state index contributed by atoms with van der Waals surface area (Å²) in [5.74, 6) is -0.332. The van der Waals surface area contributed by atoms with Crippen molar-refractivity contribution in [2.24, 2.45) is 5.41 Å². The van der Waals surface area contributed by atoms with Crippen LogP contribution >= 0.6 is 0 Å². The lowest BCUT2D eigenvalue weighted by atomic mass is 9.79. The van der Waals surface area contributed by atoms with Gasteiger partial charge in [0.05, 0.1) is 5.41 Å². The van der Waals surface area contributed by atoms with Gasteiger partial charge in [0.2, 0.25) is 5.91 Å². The van der Waals surface area contributed by atoms with Gasteiger partial charge >= 0.3 is 0 Å². The normalized spacial score (nSPS) is 17.9. The molecule has 2 amide bonds. The van der Waals surface area contributed by atoms with E-state index in [1.165, 1.54) is 12.1 Å². The van der Waals surface area contributed by atoms with E-state index >= 15 is 0 Å². The SMILES string of the molecule is CN(C)C(=O)C1(Cc2cccc(-c3ccc(F)cc3)c2)CCN(C(=O)c2ccncc2)C1. The molecule has 5 nitrogen and oxygen atoms in total. The third kappa shape index (κ3) is 4.40. The first kappa shape index (κ1) is 21.7. The smallest absolute Gasteiger partial charge is 0.253 e. The van der Waals surface area contributed by atoms with E-state index in [-0.39, 0.29) is 17.6 Å². The number of carbonyl (C=O) groups is 2. The average Bonchev–Trinajstić information content (AvgIpc) is 3.24. The minimum Gasteiger partial charge on any atom is -0.348 e. The number of nitrogens with zero attached hydrogens (tertiary/aromatic N) is 3. The van der Waals surface area contributed by atoms with Crippen molar-refractivity contribution in [1.29, 1.82) is 0 Å². The third-order valence-electron chi connectivity index (χ3n) is 6.08. The third-order valence-corrected chi connectivity index (χ3v) is 6.08. The largest absolute Gasteiger partial charge is 0.348 e. The zero-order chi connectivity index (χ0) is 22.7. The van der Waals surface area contributed by atoms with Crippen molar-refractivity contribution in [3.05, 3.63) is 90.0 Å². The van der Waals surface area contributed by atoms with E-state index in [1.807, 2.05) is 24.3 Å². The van der Waals surface area contributed by atoms with E-state index in [9.17, 15) is 14.0 Å². The van der Waals surface area contributed by atoms with E-state index in [2.05, 4.69) is 4.98 Å². The Balaban J connectivity index is 1.61. The fraction of sp³-hybridized carbons (Fsp3) is 0.269. The van der Waals surface area contributed by atoms with Gasteiger partial charge in [0, 0.05) is 45.1 Å². The lowest BCUT2D eigenvalue weighted by Crippen LogP contribution is -2.44. The Bertz CT molecular complexity index is 1120. The number of halogens is 1. The van der Waals surface area contributed by atoms with Crippen molar-refractivity contribution in [2.75, 3.05) is 27.2 Å². The highest BCUT2D eigenvalue weighted by Crippen LogP contribution is 2.37. The summed E-state index contributed by atoms with van der Waals surface area (Å²) in [6, 6.07) is 17.8. The molecule has 1 fully saturated rings. The number of hydrogen-bond acceptors (Lipinski definition) is 3. The number of amides is 2. The molecule has 6 heteroatoms. The molecule has 0 bridgehead atoms. The Hall–Kier alpha value is -3.54. The fourth-order valence-electron chi connectivity index (χ4n) is 4.49. The van der Waals surface area contributed by atoms with Crippen LogP contribution in [-0.2, 0) is 11.2 Å². The van der Waals surface area contributed by atoms with Crippen LogP contribution in [0.4, 0.5) is 4.39 Å². The molecule has 1 aromatic heterocycles. The van der Waals surface area contributed by atoms with Gasteiger partial charge < -0.3 is 9.80 Å². The van der Waals surface area contributed by atoms with Crippen molar-refractivity contribution < 1.29 is 14.0 Å². The van der Waals surface area contributed by atoms with Gasteiger partial charge in [-0.1, -0.05) is 36.4 Å². The summed E-state index contributed by atoms with van der Waals surface area (Å²) < 4.78 is 13.3. The number of benzene rings is 2. The van der Waals surface area contributed by atoms with Gasteiger partial charge in [-0.2, -0.15) is 0 Å². The molecule has 0 aliphatic carbocycles.